The van der Waals surface area contributed by atoms with Crippen molar-refractivity contribution in [1.82, 2.24) is 0 Å². The van der Waals surface area contributed by atoms with Crippen molar-refractivity contribution >= 4 is 54.6 Å². The Kier molecular flexibility index (Phi) is 7.54. The van der Waals surface area contributed by atoms with Gasteiger partial charge in [0.1, 0.15) is 6.54 Å². The van der Waals surface area contributed by atoms with Gasteiger partial charge < -0.3 is 5.32 Å². The summed E-state index contributed by atoms with van der Waals surface area (Å²) >= 11 is 5.95. The first-order valence-corrected chi connectivity index (χ1v) is 13.8. The van der Waals surface area contributed by atoms with Gasteiger partial charge in [0.2, 0.25) is 15.9 Å². The summed E-state index contributed by atoms with van der Waals surface area (Å²) in [5.41, 5.74) is 2.76. The van der Waals surface area contributed by atoms with E-state index in [-0.39, 0.29) is 10.6 Å². The molecule has 1 amide bonds. The molecule has 0 aliphatic carbocycles. The largest absolute Gasteiger partial charge is 0.325 e. The normalized spacial score (nSPS) is 11.6. The Labute approximate surface area is 204 Å². The lowest BCUT2D eigenvalue weighted by atomic mass is 10.1. The van der Waals surface area contributed by atoms with Crippen LogP contribution in [0.1, 0.15) is 11.1 Å². The molecule has 34 heavy (non-hydrogen) atoms. The average molecular weight is 522 g/mol. The van der Waals surface area contributed by atoms with Gasteiger partial charge in [0.25, 0.3) is 10.0 Å². The summed E-state index contributed by atoms with van der Waals surface area (Å²) < 4.78 is 53.4. The van der Waals surface area contributed by atoms with Crippen molar-refractivity contribution in [2.75, 3.05) is 27.1 Å². The highest BCUT2D eigenvalue weighted by atomic mass is 35.5. The van der Waals surface area contributed by atoms with E-state index in [0.717, 1.165) is 21.7 Å². The van der Waals surface area contributed by atoms with Crippen LogP contribution in [-0.2, 0) is 24.8 Å². The van der Waals surface area contributed by atoms with Crippen LogP contribution in [0.15, 0.2) is 71.6 Å². The molecular formula is C23H24ClN3O5S2. The van der Waals surface area contributed by atoms with E-state index < -0.39 is 32.5 Å². The minimum Gasteiger partial charge on any atom is -0.325 e. The number of hydrogen-bond acceptors (Lipinski definition) is 5. The Balaban J connectivity index is 1.73. The molecule has 0 unspecified atom stereocenters. The number of carbonyl (C=O) groups excluding carboxylic acids is 1. The van der Waals surface area contributed by atoms with E-state index in [0.29, 0.717) is 16.4 Å². The second kappa shape index (κ2) is 10.0. The van der Waals surface area contributed by atoms with Crippen LogP contribution in [-0.4, -0.2) is 35.5 Å². The van der Waals surface area contributed by atoms with E-state index in [1.165, 1.54) is 36.4 Å². The molecule has 0 atom stereocenters. The predicted octanol–water partition coefficient (Wildman–Crippen LogP) is 4.16. The summed E-state index contributed by atoms with van der Waals surface area (Å²) in [7, 11) is -7.60. The minimum atomic E-state index is -3.84. The lowest BCUT2D eigenvalue weighted by Crippen LogP contribution is -2.37. The van der Waals surface area contributed by atoms with Gasteiger partial charge in [-0.15, -0.1) is 0 Å². The molecule has 2 N–H and O–H groups in total. The van der Waals surface area contributed by atoms with Crippen LogP contribution >= 0.6 is 11.6 Å². The van der Waals surface area contributed by atoms with Crippen molar-refractivity contribution in [1.29, 1.82) is 0 Å². The zero-order valence-electron chi connectivity index (χ0n) is 18.7. The molecule has 180 valence electrons. The topological polar surface area (TPSA) is 113 Å². The molecule has 3 rings (SSSR count). The van der Waals surface area contributed by atoms with Gasteiger partial charge in [0, 0.05) is 10.7 Å². The van der Waals surface area contributed by atoms with Crippen LogP contribution in [0, 0.1) is 13.8 Å². The standard InChI is InChI=1S/C23H24ClN3O5S2/c1-16-7-8-17(2)22(13-16)26-34(31,32)21-11-9-19(10-12-21)25-23(28)15-27(33(3,29)30)20-6-4-5-18(24)14-20/h4-14,26H,15H2,1-3H3,(H,25,28). The fraction of sp³-hybridized carbons (Fsp3) is 0.174. The van der Waals surface area contributed by atoms with Crippen molar-refractivity contribution in [3.63, 3.8) is 0 Å². The van der Waals surface area contributed by atoms with Gasteiger partial charge in [-0.25, -0.2) is 16.8 Å². The number of anilines is 3. The van der Waals surface area contributed by atoms with Crippen molar-refractivity contribution < 1.29 is 21.6 Å². The second-order valence-corrected chi connectivity index (χ2v) is 11.8. The molecule has 0 saturated carbocycles. The number of benzene rings is 3. The smallest absolute Gasteiger partial charge is 0.261 e. The predicted molar refractivity (Wildman–Crippen MR) is 135 cm³/mol. The number of halogens is 1. The highest BCUT2D eigenvalue weighted by Gasteiger charge is 2.21. The maximum Gasteiger partial charge on any atom is 0.261 e. The number of amides is 1. The van der Waals surface area contributed by atoms with Crippen LogP contribution in [0.2, 0.25) is 5.02 Å². The van der Waals surface area contributed by atoms with E-state index in [1.54, 1.807) is 25.1 Å². The first-order chi connectivity index (χ1) is 15.8. The molecule has 8 nitrogen and oxygen atoms in total. The summed E-state index contributed by atoms with van der Waals surface area (Å²) in [6, 6.07) is 17.2. The maximum atomic E-state index is 12.8. The van der Waals surface area contributed by atoms with E-state index in [2.05, 4.69) is 10.0 Å². The van der Waals surface area contributed by atoms with E-state index in [1.807, 2.05) is 19.1 Å². The molecular weight excluding hydrogens is 498 g/mol. The summed E-state index contributed by atoms with van der Waals surface area (Å²) in [5.74, 6) is -0.602. The van der Waals surface area contributed by atoms with Gasteiger partial charge in [-0.1, -0.05) is 29.8 Å². The number of carbonyl (C=O) groups is 1. The monoisotopic (exact) mass is 521 g/mol. The SMILES string of the molecule is Cc1ccc(C)c(NS(=O)(=O)c2ccc(NC(=O)CN(c3cccc(Cl)c3)S(C)(=O)=O)cc2)c1. The Hall–Kier alpha value is -3.08. The van der Waals surface area contributed by atoms with Gasteiger partial charge >= 0.3 is 0 Å². The van der Waals surface area contributed by atoms with E-state index in [4.69, 9.17) is 11.6 Å². The van der Waals surface area contributed by atoms with E-state index in [9.17, 15) is 21.6 Å². The van der Waals surface area contributed by atoms with Crippen LogP contribution in [0.4, 0.5) is 17.1 Å². The van der Waals surface area contributed by atoms with Gasteiger partial charge in [-0.2, -0.15) is 0 Å². The number of nitrogens with zero attached hydrogens (tertiary/aromatic N) is 1. The number of aryl methyl sites for hydroxylation is 2. The van der Waals surface area contributed by atoms with E-state index >= 15 is 0 Å². The Morgan fingerprint density at radius 1 is 0.941 bits per heavy atom. The Morgan fingerprint density at radius 2 is 1.62 bits per heavy atom. The van der Waals surface area contributed by atoms with Crippen molar-refractivity contribution in [3.05, 3.63) is 82.9 Å². The number of hydrogen-bond donors (Lipinski definition) is 2. The van der Waals surface area contributed by atoms with Crippen LogP contribution in [0.25, 0.3) is 0 Å². The van der Waals surface area contributed by atoms with Gasteiger partial charge in [-0.3, -0.25) is 13.8 Å². The number of nitrogens with one attached hydrogen (secondary N) is 2. The fourth-order valence-electron chi connectivity index (χ4n) is 3.13. The zero-order valence-corrected chi connectivity index (χ0v) is 21.1. The fourth-order valence-corrected chi connectivity index (χ4v) is 5.28. The molecule has 0 radical (unpaired) electrons. The first-order valence-electron chi connectivity index (χ1n) is 10.1. The molecule has 0 spiro atoms. The molecule has 3 aromatic rings. The molecule has 11 heteroatoms. The molecule has 0 aliphatic rings. The highest BCUT2D eigenvalue weighted by Crippen LogP contribution is 2.23. The summed E-state index contributed by atoms with van der Waals surface area (Å²) in [6.07, 6.45) is 0.990. The molecule has 0 aromatic heterocycles. The van der Waals surface area contributed by atoms with Crippen LogP contribution in [0.3, 0.4) is 0 Å². The lowest BCUT2D eigenvalue weighted by Gasteiger charge is -2.22. The third-order valence-corrected chi connectivity index (χ3v) is 7.63. The van der Waals surface area contributed by atoms with Gasteiger partial charge in [0.15, 0.2) is 0 Å². The highest BCUT2D eigenvalue weighted by molar-refractivity contribution is 7.92. The summed E-state index contributed by atoms with van der Waals surface area (Å²) in [5, 5.41) is 2.91. The third kappa shape index (κ3) is 6.49. The molecule has 3 aromatic carbocycles. The lowest BCUT2D eigenvalue weighted by molar-refractivity contribution is -0.114. The minimum absolute atomic E-state index is 0.0168. The molecule has 0 heterocycles. The van der Waals surface area contributed by atoms with Crippen LogP contribution in [0.5, 0.6) is 0 Å². The van der Waals surface area contributed by atoms with Crippen molar-refractivity contribution in [2.24, 2.45) is 0 Å². The molecule has 0 saturated heterocycles. The second-order valence-electron chi connectivity index (χ2n) is 7.75. The molecule has 0 aliphatic heterocycles. The Bertz CT molecular complexity index is 1420. The van der Waals surface area contributed by atoms with Crippen molar-refractivity contribution in [3.8, 4) is 0 Å². The Morgan fingerprint density at radius 3 is 2.24 bits per heavy atom. The van der Waals surface area contributed by atoms with Crippen LogP contribution < -0.4 is 14.3 Å². The van der Waals surface area contributed by atoms with Gasteiger partial charge in [0.05, 0.1) is 22.5 Å². The molecule has 0 fully saturated rings. The number of rotatable bonds is 8. The summed E-state index contributed by atoms with van der Waals surface area (Å²) in [4.78, 5) is 12.6. The quantitative estimate of drug-likeness (QED) is 0.462. The maximum absolute atomic E-state index is 12.8. The first kappa shape index (κ1) is 25.5. The third-order valence-electron chi connectivity index (χ3n) is 4.87. The van der Waals surface area contributed by atoms with Crippen molar-refractivity contribution in [2.45, 2.75) is 18.7 Å². The van der Waals surface area contributed by atoms with Gasteiger partial charge in [-0.05, 0) is 73.5 Å². The average Bonchev–Trinajstić information content (AvgIpc) is 2.74. The zero-order chi connectivity index (χ0) is 25.1. The molecule has 0 bridgehead atoms. The summed E-state index contributed by atoms with van der Waals surface area (Å²) in [6.45, 7) is 3.19. The number of sulfonamides is 2.